The van der Waals surface area contributed by atoms with Crippen molar-refractivity contribution in [2.75, 3.05) is 0 Å². The lowest BCUT2D eigenvalue weighted by Crippen LogP contribution is -1.88. The minimum absolute atomic E-state index is 0. The van der Waals surface area contributed by atoms with E-state index in [1.807, 2.05) is 42.5 Å². The van der Waals surface area contributed by atoms with Crippen molar-refractivity contribution in [1.29, 1.82) is 0 Å². The minimum Gasteiger partial charge on any atom is -0.212 e. The normalized spacial score (nSPS) is 11.0. The lowest BCUT2D eigenvalue weighted by atomic mass is 10.1. The Hall–Kier alpha value is -0.760. The first-order chi connectivity index (χ1) is 13.3. The van der Waals surface area contributed by atoms with E-state index in [4.69, 9.17) is 23.2 Å². The quantitative estimate of drug-likeness (QED) is 0.136. The average molecular weight is 595 g/mol. The van der Waals surface area contributed by atoms with Crippen molar-refractivity contribution < 1.29 is 8.42 Å². The number of hydrogen-bond donors (Lipinski definition) is 0. The van der Waals surface area contributed by atoms with Crippen LogP contribution >= 0.6 is 66.8 Å². The second kappa shape index (κ2) is 11.0. The monoisotopic (exact) mass is 592 g/mol. The molecule has 152 valence electrons. The number of halogens is 4. The van der Waals surface area contributed by atoms with Gasteiger partial charge in [0.05, 0.1) is 19.7 Å². The van der Waals surface area contributed by atoms with Crippen LogP contribution in [-0.4, -0.2) is 12.6 Å². The largest absolute Gasteiger partial charge is 0.237 e. The summed E-state index contributed by atoms with van der Waals surface area (Å²) in [7, 11) is -3.28. The van der Waals surface area contributed by atoms with Gasteiger partial charge >= 0.3 is 0 Å². The zero-order chi connectivity index (χ0) is 20.1. The van der Waals surface area contributed by atoms with Gasteiger partial charge in [0.25, 0.3) is 0 Å². The van der Waals surface area contributed by atoms with E-state index in [0.29, 0.717) is 0 Å². The number of benzene rings is 4. The molecule has 0 fully saturated rings. The Balaban J connectivity index is 0.000000200. The van der Waals surface area contributed by atoms with Crippen LogP contribution in [0.4, 0.5) is 0 Å². The molecule has 0 saturated carbocycles. The van der Waals surface area contributed by atoms with Crippen LogP contribution in [0.3, 0.4) is 0 Å². The van der Waals surface area contributed by atoms with Crippen molar-refractivity contribution in [2.45, 2.75) is 14.0 Å². The third kappa shape index (κ3) is 7.16. The summed E-state index contributed by atoms with van der Waals surface area (Å²) in [6.45, 7) is 0. The Labute approximate surface area is 202 Å². The molecule has 0 heterocycles. The maximum absolute atomic E-state index is 11.2. The fraction of sp³-hybridized carbons (Fsp3) is 0.0476. The SMILES string of the molecule is Br.ClC(Cl)Sc1ccc2ccccc2c1.O=S(=O)(Br)c1ccc2ccccc2c1. The van der Waals surface area contributed by atoms with Gasteiger partial charge in [-0.2, -0.15) is 0 Å². The van der Waals surface area contributed by atoms with E-state index in [2.05, 4.69) is 39.1 Å². The summed E-state index contributed by atoms with van der Waals surface area (Å²) in [5.41, 5.74) is 0. The van der Waals surface area contributed by atoms with E-state index >= 15 is 0 Å². The standard InChI is InChI=1S/C11H8Cl2S.C10H7BrO2S.BrH/c12-11(13)14-10-6-5-8-3-1-2-4-9(8)7-10;11-14(12,13)10-6-5-8-3-1-2-4-9(8)7-10;/h1-7,11H;1-7H;1H. The van der Waals surface area contributed by atoms with Crippen molar-refractivity contribution in [1.82, 2.24) is 0 Å². The van der Waals surface area contributed by atoms with Crippen molar-refractivity contribution in [2.24, 2.45) is 0 Å². The third-order valence-electron chi connectivity index (χ3n) is 3.95. The molecule has 0 aromatic heterocycles. The summed E-state index contributed by atoms with van der Waals surface area (Å²) >= 11 is 15.5. The first-order valence-corrected chi connectivity index (χ1v) is 13.3. The first-order valence-electron chi connectivity index (χ1n) is 8.20. The second-order valence-corrected chi connectivity index (χ2v) is 12.5. The van der Waals surface area contributed by atoms with Crippen molar-refractivity contribution in [3.05, 3.63) is 84.9 Å². The Morgan fingerprint density at radius 2 is 1.21 bits per heavy atom. The highest BCUT2D eigenvalue weighted by Crippen LogP contribution is 2.30. The Kier molecular flexibility index (Phi) is 9.32. The topological polar surface area (TPSA) is 34.1 Å². The maximum atomic E-state index is 11.2. The van der Waals surface area contributed by atoms with Crippen LogP contribution in [0.25, 0.3) is 21.5 Å². The number of fused-ring (bicyclic) bond motifs is 2. The summed E-state index contributed by atoms with van der Waals surface area (Å²) in [6, 6.07) is 27.1. The van der Waals surface area contributed by atoms with Gasteiger partial charge in [0, 0.05) is 4.90 Å². The molecule has 0 aliphatic carbocycles. The molecule has 0 aliphatic heterocycles. The molecule has 4 aromatic carbocycles. The van der Waals surface area contributed by atoms with Gasteiger partial charge in [-0.05, 0) is 45.8 Å². The molecule has 2 nitrogen and oxygen atoms in total. The molecule has 0 bridgehead atoms. The predicted octanol–water partition coefficient (Wildman–Crippen LogP) is 8.19. The summed E-state index contributed by atoms with van der Waals surface area (Å²) < 4.78 is 22.0. The maximum Gasteiger partial charge on any atom is 0.237 e. The fourth-order valence-electron chi connectivity index (χ4n) is 2.66. The smallest absolute Gasteiger partial charge is 0.212 e. The molecule has 0 N–H and O–H groups in total. The lowest BCUT2D eigenvalue weighted by Gasteiger charge is -2.03. The molecule has 0 saturated heterocycles. The fourth-order valence-corrected chi connectivity index (χ4v) is 4.93. The lowest BCUT2D eigenvalue weighted by molar-refractivity contribution is 0.611. The molecule has 0 aliphatic rings. The van der Waals surface area contributed by atoms with Gasteiger partial charge in [-0.25, -0.2) is 8.42 Å². The van der Waals surface area contributed by atoms with Crippen molar-refractivity contribution in [3.8, 4) is 0 Å². The summed E-state index contributed by atoms with van der Waals surface area (Å²) in [4.78, 5) is 1.38. The van der Waals surface area contributed by atoms with Crippen molar-refractivity contribution >= 4 is 96.6 Å². The van der Waals surface area contributed by atoms with Gasteiger partial charge in [0.2, 0.25) is 8.27 Å². The minimum atomic E-state index is -3.28. The highest BCUT2D eigenvalue weighted by Gasteiger charge is 2.08. The van der Waals surface area contributed by atoms with Gasteiger partial charge in [-0.3, -0.25) is 0 Å². The number of thioether (sulfide) groups is 1. The van der Waals surface area contributed by atoms with E-state index in [1.54, 1.807) is 18.2 Å². The molecular formula is C21H16Br2Cl2O2S2. The van der Waals surface area contributed by atoms with Crippen LogP contribution in [0.5, 0.6) is 0 Å². The Morgan fingerprint density at radius 3 is 1.72 bits per heavy atom. The van der Waals surface area contributed by atoms with Gasteiger partial charge in [0.15, 0.2) is 4.17 Å². The Morgan fingerprint density at radius 1 is 0.724 bits per heavy atom. The number of hydrogen-bond acceptors (Lipinski definition) is 3. The van der Waals surface area contributed by atoms with E-state index in [9.17, 15) is 8.42 Å². The van der Waals surface area contributed by atoms with Gasteiger partial charge < -0.3 is 0 Å². The highest BCUT2D eigenvalue weighted by molar-refractivity contribution is 9.47. The highest BCUT2D eigenvalue weighted by atomic mass is 79.9. The van der Waals surface area contributed by atoms with Gasteiger partial charge in [-0.15, -0.1) is 17.0 Å². The summed E-state index contributed by atoms with van der Waals surface area (Å²) in [5.74, 6) is 0. The van der Waals surface area contributed by atoms with E-state index in [-0.39, 0.29) is 21.9 Å². The molecule has 0 unspecified atom stereocenters. The summed E-state index contributed by atoms with van der Waals surface area (Å²) in [6.07, 6.45) is 0. The van der Waals surface area contributed by atoms with Crippen LogP contribution in [0.15, 0.2) is 94.7 Å². The molecule has 0 amide bonds. The molecule has 29 heavy (non-hydrogen) atoms. The van der Waals surface area contributed by atoms with E-state index < -0.39 is 12.4 Å². The third-order valence-corrected chi connectivity index (χ3v) is 7.13. The van der Waals surface area contributed by atoms with Crippen LogP contribution < -0.4 is 0 Å². The van der Waals surface area contributed by atoms with E-state index in [1.165, 1.54) is 22.5 Å². The molecular weight excluding hydrogens is 579 g/mol. The molecule has 4 aromatic rings. The van der Waals surface area contributed by atoms with E-state index in [0.717, 1.165) is 15.7 Å². The average Bonchev–Trinajstić information content (AvgIpc) is 2.67. The van der Waals surface area contributed by atoms with Crippen molar-refractivity contribution in [3.63, 3.8) is 0 Å². The second-order valence-electron chi connectivity index (χ2n) is 5.83. The molecule has 4 rings (SSSR count). The van der Waals surface area contributed by atoms with Crippen LogP contribution in [0.1, 0.15) is 0 Å². The van der Waals surface area contributed by atoms with Crippen LogP contribution in [0.2, 0.25) is 0 Å². The number of rotatable bonds is 3. The zero-order valence-electron chi connectivity index (χ0n) is 14.8. The zero-order valence-corrected chi connectivity index (χ0v) is 21.3. The van der Waals surface area contributed by atoms with Gasteiger partial charge in [-0.1, -0.05) is 95.6 Å². The van der Waals surface area contributed by atoms with Gasteiger partial charge in [0.1, 0.15) is 0 Å². The molecule has 0 spiro atoms. The van der Waals surface area contributed by atoms with Crippen LogP contribution in [-0.2, 0) is 8.27 Å². The number of alkyl halides is 2. The molecule has 0 atom stereocenters. The first kappa shape index (κ1) is 24.5. The predicted molar refractivity (Wildman–Crippen MR) is 136 cm³/mol. The van der Waals surface area contributed by atoms with Crippen LogP contribution in [0, 0.1) is 0 Å². The summed E-state index contributed by atoms with van der Waals surface area (Å²) in [5, 5.41) is 4.41. The molecule has 0 radical (unpaired) electrons. The Bertz CT molecular complexity index is 1220. The molecule has 8 heteroatoms.